The van der Waals surface area contributed by atoms with Gasteiger partial charge in [-0.2, -0.15) is 4.91 Å². The summed E-state index contributed by atoms with van der Waals surface area (Å²) in [5.74, 6) is 4.83. The molecule has 0 amide bonds. The van der Waals surface area contributed by atoms with Crippen LogP contribution in [0.3, 0.4) is 0 Å². The Morgan fingerprint density at radius 1 is 0.900 bits per heavy atom. The Bertz CT molecular complexity index is 395. The molecule has 2 nitrogen and oxygen atoms in total. The van der Waals surface area contributed by atoms with Gasteiger partial charge in [0.25, 0.3) is 0 Å². The molecule has 0 aromatic heterocycles. The second kappa shape index (κ2) is 4.81. The number of nitroso groups, excluding NO2 is 1. The van der Waals surface area contributed by atoms with E-state index < -0.39 is 0 Å². The lowest BCUT2D eigenvalue weighted by molar-refractivity contribution is -0.0513. The molecule has 4 saturated carbocycles. The fourth-order valence-electron chi connectivity index (χ4n) is 6.92. The molecule has 4 aliphatic rings. The molecule has 20 heavy (non-hydrogen) atoms. The first-order valence-corrected chi connectivity index (χ1v) is 9.04. The molecule has 7 atom stereocenters. The zero-order chi connectivity index (χ0) is 13.7. The molecule has 0 saturated heterocycles. The minimum Gasteiger partial charge on any atom is -0.151 e. The molecule has 112 valence electrons. The number of fused-ring (bicyclic) bond motifs is 5. The minimum atomic E-state index is 0.146. The van der Waals surface area contributed by atoms with Crippen molar-refractivity contribution in [3.8, 4) is 0 Å². The highest BCUT2D eigenvalue weighted by molar-refractivity contribution is 5.03. The second-order valence-corrected chi connectivity index (χ2v) is 8.59. The maximum Gasteiger partial charge on any atom is 0.0922 e. The molecule has 5 unspecified atom stereocenters. The molecule has 0 aromatic carbocycles. The highest BCUT2D eigenvalue weighted by Gasteiger charge is 2.53. The van der Waals surface area contributed by atoms with Gasteiger partial charge in [-0.1, -0.05) is 18.5 Å². The lowest BCUT2D eigenvalue weighted by atomic mass is 9.50. The summed E-state index contributed by atoms with van der Waals surface area (Å²) in [7, 11) is 0. The van der Waals surface area contributed by atoms with Crippen molar-refractivity contribution in [2.75, 3.05) is 0 Å². The van der Waals surface area contributed by atoms with Crippen molar-refractivity contribution >= 4 is 0 Å². The van der Waals surface area contributed by atoms with Gasteiger partial charge >= 0.3 is 0 Å². The van der Waals surface area contributed by atoms with Gasteiger partial charge in [-0.3, -0.25) is 0 Å². The van der Waals surface area contributed by atoms with Crippen molar-refractivity contribution < 1.29 is 0 Å². The highest BCUT2D eigenvalue weighted by Crippen LogP contribution is 2.62. The van der Waals surface area contributed by atoms with Crippen LogP contribution in [0.5, 0.6) is 0 Å². The summed E-state index contributed by atoms with van der Waals surface area (Å²) in [6, 6.07) is 0.146. The first-order valence-electron chi connectivity index (χ1n) is 9.04. The largest absolute Gasteiger partial charge is 0.151 e. The molecule has 4 aliphatic carbocycles. The van der Waals surface area contributed by atoms with Gasteiger partial charge in [-0.25, -0.2) is 0 Å². The van der Waals surface area contributed by atoms with Crippen molar-refractivity contribution in [1.82, 2.24) is 0 Å². The van der Waals surface area contributed by atoms with Gasteiger partial charge in [-0.15, -0.1) is 0 Å². The first kappa shape index (κ1) is 13.3. The maximum absolute atomic E-state index is 10.9. The van der Waals surface area contributed by atoms with Crippen LogP contribution in [0, 0.1) is 39.9 Å². The summed E-state index contributed by atoms with van der Waals surface area (Å²) in [5.41, 5.74) is 0.690. The van der Waals surface area contributed by atoms with Crippen molar-refractivity contribution in [3.05, 3.63) is 4.91 Å². The number of hydrogen-bond acceptors (Lipinski definition) is 2. The normalized spacial score (nSPS) is 54.6. The molecule has 0 aliphatic heterocycles. The molecular formula is C18H29NO. The van der Waals surface area contributed by atoms with E-state index in [1.807, 2.05) is 0 Å². The highest BCUT2D eigenvalue weighted by atomic mass is 16.3. The summed E-state index contributed by atoms with van der Waals surface area (Å²) in [6.45, 7) is 2.58. The fraction of sp³-hybridized carbons (Fsp3) is 1.00. The minimum absolute atomic E-state index is 0.146. The molecule has 4 rings (SSSR count). The van der Waals surface area contributed by atoms with E-state index in [4.69, 9.17) is 0 Å². The van der Waals surface area contributed by atoms with Crippen LogP contribution < -0.4 is 0 Å². The molecule has 4 fully saturated rings. The average Bonchev–Trinajstić information content (AvgIpc) is 2.88. The predicted molar refractivity (Wildman–Crippen MR) is 81.3 cm³/mol. The average molecular weight is 275 g/mol. The monoisotopic (exact) mass is 275 g/mol. The quantitative estimate of drug-likeness (QED) is 0.607. The summed E-state index contributed by atoms with van der Waals surface area (Å²) in [6.07, 6.45) is 13.8. The van der Waals surface area contributed by atoms with Crippen molar-refractivity contribution in [2.24, 2.45) is 40.2 Å². The summed E-state index contributed by atoms with van der Waals surface area (Å²) < 4.78 is 0. The lowest BCUT2D eigenvalue weighted by Gasteiger charge is -2.55. The summed E-state index contributed by atoms with van der Waals surface area (Å²) >= 11 is 0. The molecule has 0 bridgehead atoms. The molecule has 0 N–H and O–H groups in total. The van der Waals surface area contributed by atoms with E-state index in [2.05, 4.69) is 12.1 Å². The topological polar surface area (TPSA) is 29.4 Å². The van der Waals surface area contributed by atoms with Crippen LogP contribution in [0.15, 0.2) is 5.18 Å². The third-order valence-corrected chi connectivity index (χ3v) is 7.86. The van der Waals surface area contributed by atoms with Gasteiger partial charge in [0, 0.05) is 0 Å². The summed E-state index contributed by atoms with van der Waals surface area (Å²) in [4.78, 5) is 10.9. The Balaban J connectivity index is 1.54. The predicted octanol–water partition coefficient (Wildman–Crippen LogP) is 5.16. The van der Waals surface area contributed by atoms with Crippen LogP contribution in [0.4, 0.5) is 0 Å². The SMILES string of the molecule is C[C@@]12CCCC1C1CCC3C[C@@H](N=O)CCC3C1CC2. The van der Waals surface area contributed by atoms with Gasteiger partial charge in [0.2, 0.25) is 0 Å². The van der Waals surface area contributed by atoms with Crippen LogP contribution in [-0.2, 0) is 0 Å². The Kier molecular flexibility index (Phi) is 3.19. The summed E-state index contributed by atoms with van der Waals surface area (Å²) in [5, 5.41) is 3.36. The van der Waals surface area contributed by atoms with Gasteiger partial charge in [0.15, 0.2) is 0 Å². The van der Waals surface area contributed by atoms with Crippen LogP contribution in [-0.4, -0.2) is 6.04 Å². The van der Waals surface area contributed by atoms with E-state index in [9.17, 15) is 4.91 Å². The molecule has 0 aromatic rings. The zero-order valence-corrected chi connectivity index (χ0v) is 12.9. The first-order chi connectivity index (χ1) is 9.71. The van der Waals surface area contributed by atoms with Gasteiger partial charge in [-0.05, 0) is 92.8 Å². The third-order valence-electron chi connectivity index (χ3n) is 7.86. The van der Waals surface area contributed by atoms with E-state index in [-0.39, 0.29) is 6.04 Å². The standard InChI is InChI=1S/C18H29NO/c1-18-9-2-3-17(18)16-6-4-12-11-13(19-20)5-7-14(12)15(16)8-10-18/h12-17H,2-11H2,1H3/t12?,13-,14?,15?,16?,17?,18-/m0/s1. The Morgan fingerprint density at radius 2 is 1.75 bits per heavy atom. The van der Waals surface area contributed by atoms with Crippen molar-refractivity contribution in [2.45, 2.75) is 77.2 Å². The van der Waals surface area contributed by atoms with Crippen molar-refractivity contribution in [3.63, 3.8) is 0 Å². The van der Waals surface area contributed by atoms with Crippen LogP contribution >= 0.6 is 0 Å². The Morgan fingerprint density at radius 3 is 2.60 bits per heavy atom. The molecule has 0 heterocycles. The second-order valence-electron chi connectivity index (χ2n) is 8.59. The van der Waals surface area contributed by atoms with Crippen LogP contribution in [0.1, 0.15) is 71.1 Å². The number of rotatable bonds is 1. The lowest BCUT2D eigenvalue weighted by Crippen LogP contribution is -2.47. The van der Waals surface area contributed by atoms with E-state index in [0.29, 0.717) is 5.41 Å². The van der Waals surface area contributed by atoms with Crippen LogP contribution in [0.25, 0.3) is 0 Å². The van der Waals surface area contributed by atoms with E-state index in [0.717, 1.165) is 42.4 Å². The van der Waals surface area contributed by atoms with E-state index in [1.54, 1.807) is 0 Å². The molecule has 2 heteroatoms. The molecule has 0 radical (unpaired) electrons. The number of nitrogens with zero attached hydrogens (tertiary/aromatic N) is 1. The smallest absolute Gasteiger partial charge is 0.0922 e. The van der Waals surface area contributed by atoms with Crippen LogP contribution in [0.2, 0.25) is 0 Å². The van der Waals surface area contributed by atoms with Gasteiger partial charge < -0.3 is 0 Å². The van der Waals surface area contributed by atoms with Gasteiger partial charge in [0.1, 0.15) is 0 Å². The van der Waals surface area contributed by atoms with Crippen molar-refractivity contribution in [1.29, 1.82) is 0 Å². The fourth-order valence-corrected chi connectivity index (χ4v) is 6.92. The molecule has 0 spiro atoms. The van der Waals surface area contributed by atoms with E-state index >= 15 is 0 Å². The van der Waals surface area contributed by atoms with Gasteiger partial charge in [0.05, 0.1) is 6.04 Å². The van der Waals surface area contributed by atoms with E-state index in [1.165, 1.54) is 51.4 Å². The Labute approximate surface area is 123 Å². The zero-order valence-electron chi connectivity index (χ0n) is 12.9. The Hall–Kier alpha value is -0.400. The maximum atomic E-state index is 10.9. The molecular weight excluding hydrogens is 246 g/mol. The third kappa shape index (κ3) is 1.89. The number of hydrogen-bond donors (Lipinski definition) is 0.